The number of aromatic nitrogens is 1. The Hall–Kier alpha value is -2.89. The van der Waals surface area contributed by atoms with Crippen molar-refractivity contribution in [3.8, 4) is 0 Å². The molecule has 0 saturated heterocycles. The third kappa shape index (κ3) is 4.58. The van der Waals surface area contributed by atoms with Gasteiger partial charge in [-0.25, -0.2) is 4.79 Å². The normalized spacial score (nSPS) is 16.1. The highest BCUT2D eigenvalue weighted by Crippen LogP contribution is 2.37. The number of aliphatic hydroxyl groups is 1. The van der Waals surface area contributed by atoms with E-state index in [-0.39, 0.29) is 12.6 Å². The summed E-state index contributed by atoms with van der Waals surface area (Å²) in [6.45, 7) is 3.65. The molecule has 5 nitrogen and oxygen atoms in total. The van der Waals surface area contributed by atoms with Crippen LogP contribution < -0.4 is 0 Å². The van der Waals surface area contributed by atoms with Crippen molar-refractivity contribution >= 4 is 22.4 Å². The first-order valence-electron chi connectivity index (χ1n) is 10.9. The third-order valence-electron chi connectivity index (χ3n) is 6.35. The van der Waals surface area contributed by atoms with Gasteiger partial charge in [-0.2, -0.15) is 0 Å². The fraction of sp³-hybridized carbons (Fsp3) is 0.346. The number of ether oxygens (including phenoxy) is 1. The molecule has 0 aliphatic heterocycles. The largest absolute Gasteiger partial charge is 0.466 e. The molecule has 1 aromatic heterocycles. The summed E-state index contributed by atoms with van der Waals surface area (Å²) in [5.41, 5.74) is 7.11. The molecule has 1 atom stereocenters. The monoisotopic (exact) mass is 418 g/mol. The second-order valence-electron chi connectivity index (χ2n) is 8.19. The van der Waals surface area contributed by atoms with Gasteiger partial charge in [0.1, 0.15) is 0 Å². The number of carbonyl (C=O) groups is 1. The second-order valence-corrected chi connectivity index (χ2v) is 8.19. The van der Waals surface area contributed by atoms with Crippen LogP contribution in [0.15, 0.2) is 54.7 Å². The molecule has 0 amide bonds. The number of nitrogens with zero attached hydrogens (tertiary/aromatic N) is 1. The topological polar surface area (TPSA) is 65.6 Å². The molecule has 31 heavy (non-hydrogen) atoms. The van der Waals surface area contributed by atoms with E-state index in [1.54, 1.807) is 0 Å². The van der Waals surface area contributed by atoms with E-state index >= 15 is 0 Å². The number of hydrogen-bond donors (Lipinski definition) is 2. The van der Waals surface area contributed by atoms with Gasteiger partial charge in [0, 0.05) is 42.3 Å². The molecule has 0 fully saturated rings. The summed E-state index contributed by atoms with van der Waals surface area (Å²) in [5.74, 6) is -0.331. The van der Waals surface area contributed by atoms with Crippen molar-refractivity contribution in [2.24, 2.45) is 0 Å². The Kier molecular flexibility index (Phi) is 6.54. The standard InChI is InChI=1S/C26H30N2O3/c1-18(15-26(30)31-2)19-7-9-23-20(16-19)8-10-25(23)28(13-14-29)12-11-21-17-27-24-6-4-3-5-22(21)24/h3-7,9,15-17,25,27,29H,8,10-14H2,1-2H3/b18-15+. The Labute approximate surface area is 183 Å². The summed E-state index contributed by atoms with van der Waals surface area (Å²) in [6, 6.07) is 15.2. The van der Waals surface area contributed by atoms with Crippen molar-refractivity contribution in [2.75, 3.05) is 26.8 Å². The first-order chi connectivity index (χ1) is 15.1. The van der Waals surface area contributed by atoms with Crippen molar-refractivity contribution in [3.63, 3.8) is 0 Å². The van der Waals surface area contributed by atoms with Crippen LogP contribution in [0.5, 0.6) is 0 Å². The number of benzene rings is 2. The first kappa shape index (κ1) is 21.3. The zero-order chi connectivity index (χ0) is 21.8. The molecule has 4 rings (SSSR count). The number of allylic oxidation sites excluding steroid dienone is 1. The van der Waals surface area contributed by atoms with Gasteiger partial charge in [0.15, 0.2) is 0 Å². The first-order valence-corrected chi connectivity index (χ1v) is 10.9. The number of aryl methyl sites for hydroxylation is 1. The van der Waals surface area contributed by atoms with Gasteiger partial charge in [0.2, 0.25) is 0 Å². The number of H-pyrrole nitrogens is 1. The Morgan fingerprint density at radius 1 is 1.26 bits per heavy atom. The molecule has 2 N–H and O–H groups in total. The van der Waals surface area contributed by atoms with Crippen molar-refractivity contribution in [1.29, 1.82) is 0 Å². The summed E-state index contributed by atoms with van der Waals surface area (Å²) in [7, 11) is 1.39. The number of carbonyl (C=O) groups excluding carboxylic acids is 1. The lowest BCUT2D eigenvalue weighted by molar-refractivity contribution is -0.134. The molecular weight excluding hydrogens is 388 g/mol. The summed E-state index contributed by atoms with van der Waals surface area (Å²) in [6.07, 6.45) is 6.64. The molecule has 0 spiro atoms. The van der Waals surface area contributed by atoms with Gasteiger partial charge in [-0.05, 0) is 60.1 Å². The lowest BCUT2D eigenvalue weighted by Crippen LogP contribution is -2.32. The second kappa shape index (κ2) is 9.50. The number of para-hydroxylation sites is 1. The fourth-order valence-corrected chi connectivity index (χ4v) is 4.69. The van der Waals surface area contributed by atoms with E-state index in [4.69, 9.17) is 4.74 Å². The van der Waals surface area contributed by atoms with Crippen LogP contribution >= 0.6 is 0 Å². The maximum Gasteiger partial charge on any atom is 0.330 e. The van der Waals surface area contributed by atoms with E-state index in [0.29, 0.717) is 12.6 Å². The smallest absolute Gasteiger partial charge is 0.330 e. The molecule has 162 valence electrons. The maximum atomic E-state index is 11.6. The number of aromatic amines is 1. The SMILES string of the molecule is COC(=O)/C=C(\C)c1ccc2c(c1)CCC2N(CCO)CCc1c[nH]c2ccccc12. The summed E-state index contributed by atoms with van der Waals surface area (Å²) in [4.78, 5) is 17.3. The number of rotatable bonds is 8. The van der Waals surface area contributed by atoms with Crippen LogP contribution in [0.1, 0.15) is 41.6 Å². The molecule has 1 aliphatic carbocycles. The van der Waals surface area contributed by atoms with Crippen LogP contribution in [-0.4, -0.2) is 47.8 Å². The molecular formula is C26H30N2O3. The lowest BCUT2D eigenvalue weighted by atomic mass is 9.99. The summed E-state index contributed by atoms with van der Waals surface area (Å²) < 4.78 is 4.75. The predicted molar refractivity (Wildman–Crippen MR) is 124 cm³/mol. The molecule has 2 aromatic carbocycles. The average Bonchev–Trinajstić information content (AvgIpc) is 3.40. The number of esters is 1. The van der Waals surface area contributed by atoms with Crippen molar-refractivity contribution in [3.05, 3.63) is 77.0 Å². The van der Waals surface area contributed by atoms with Crippen molar-refractivity contribution in [1.82, 2.24) is 9.88 Å². The number of hydrogen-bond acceptors (Lipinski definition) is 4. The Morgan fingerprint density at radius 3 is 2.90 bits per heavy atom. The fourth-order valence-electron chi connectivity index (χ4n) is 4.69. The van der Waals surface area contributed by atoms with Crippen LogP contribution in [0.25, 0.3) is 16.5 Å². The number of methoxy groups -OCH3 is 1. The Balaban J connectivity index is 1.51. The van der Waals surface area contributed by atoms with Crippen LogP contribution in [-0.2, 0) is 22.4 Å². The molecule has 0 saturated carbocycles. The Morgan fingerprint density at radius 2 is 2.10 bits per heavy atom. The minimum absolute atomic E-state index is 0.152. The van der Waals surface area contributed by atoms with E-state index in [0.717, 1.165) is 36.9 Å². The van der Waals surface area contributed by atoms with Gasteiger partial charge in [-0.1, -0.05) is 36.4 Å². The predicted octanol–water partition coefficient (Wildman–Crippen LogP) is 4.27. The highest BCUT2D eigenvalue weighted by Gasteiger charge is 2.28. The zero-order valence-corrected chi connectivity index (χ0v) is 18.2. The van der Waals surface area contributed by atoms with Crippen molar-refractivity contribution in [2.45, 2.75) is 32.2 Å². The van der Waals surface area contributed by atoms with Crippen molar-refractivity contribution < 1.29 is 14.6 Å². The molecule has 1 unspecified atom stereocenters. The summed E-state index contributed by atoms with van der Waals surface area (Å²) in [5, 5.41) is 11.0. The lowest BCUT2D eigenvalue weighted by Gasteiger charge is -2.29. The summed E-state index contributed by atoms with van der Waals surface area (Å²) >= 11 is 0. The van der Waals surface area contributed by atoms with E-state index < -0.39 is 0 Å². The highest BCUT2D eigenvalue weighted by atomic mass is 16.5. The number of nitrogens with one attached hydrogen (secondary N) is 1. The van der Waals surface area contributed by atoms with E-state index in [1.165, 1.54) is 40.8 Å². The quantitative estimate of drug-likeness (QED) is 0.424. The number of fused-ring (bicyclic) bond motifs is 2. The van der Waals surface area contributed by atoms with Crippen LogP contribution in [0.2, 0.25) is 0 Å². The zero-order valence-electron chi connectivity index (χ0n) is 18.2. The molecule has 1 heterocycles. The van der Waals surface area contributed by atoms with E-state index in [9.17, 15) is 9.90 Å². The molecule has 0 radical (unpaired) electrons. The van der Waals surface area contributed by atoms with Crippen LogP contribution in [0, 0.1) is 0 Å². The van der Waals surface area contributed by atoms with Gasteiger partial charge in [0.25, 0.3) is 0 Å². The van der Waals surface area contributed by atoms with Gasteiger partial charge < -0.3 is 14.8 Å². The third-order valence-corrected chi connectivity index (χ3v) is 6.35. The molecule has 5 heteroatoms. The minimum atomic E-state index is -0.331. The molecule has 1 aliphatic rings. The highest BCUT2D eigenvalue weighted by molar-refractivity contribution is 5.90. The van der Waals surface area contributed by atoms with Gasteiger partial charge in [0.05, 0.1) is 13.7 Å². The van der Waals surface area contributed by atoms with E-state index in [1.807, 2.05) is 13.0 Å². The van der Waals surface area contributed by atoms with Crippen LogP contribution in [0.4, 0.5) is 0 Å². The average molecular weight is 419 g/mol. The minimum Gasteiger partial charge on any atom is -0.466 e. The van der Waals surface area contributed by atoms with Gasteiger partial charge in [-0.3, -0.25) is 4.90 Å². The van der Waals surface area contributed by atoms with Gasteiger partial charge >= 0.3 is 5.97 Å². The van der Waals surface area contributed by atoms with Crippen LogP contribution in [0.3, 0.4) is 0 Å². The molecule has 3 aromatic rings. The number of aliphatic hydroxyl groups excluding tert-OH is 1. The van der Waals surface area contributed by atoms with Gasteiger partial charge in [-0.15, -0.1) is 0 Å². The van der Waals surface area contributed by atoms with E-state index in [2.05, 4.69) is 52.5 Å². The maximum absolute atomic E-state index is 11.6. The Bertz CT molecular complexity index is 1100. The molecule has 0 bridgehead atoms.